The number of allylic oxidation sites excluding steroid dienone is 6. The van der Waals surface area contributed by atoms with E-state index in [9.17, 15) is 18.6 Å². The van der Waals surface area contributed by atoms with E-state index >= 15 is 0 Å². The van der Waals surface area contributed by atoms with Crippen molar-refractivity contribution < 1.29 is 18.6 Å². The van der Waals surface area contributed by atoms with Crippen LogP contribution in [0.3, 0.4) is 0 Å². The fourth-order valence-electron chi connectivity index (χ4n) is 5.88. The van der Waals surface area contributed by atoms with Crippen LogP contribution < -0.4 is 0 Å². The molecule has 0 bridgehead atoms. The fourth-order valence-corrected chi connectivity index (χ4v) is 7.56. The van der Waals surface area contributed by atoms with Crippen LogP contribution in [0.2, 0.25) is 0 Å². The summed E-state index contributed by atoms with van der Waals surface area (Å²) >= 11 is 6.25. The van der Waals surface area contributed by atoms with Gasteiger partial charge in [0.05, 0.1) is 17.0 Å². The summed E-state index contributed by atoms with van der Waals surface area (Å²) in [6.07, 6.45) is 12.8. The number of hydrogen-bond acceptors (Lipinski definition) is 4. The first-order valence-corrected chi connectivity index (χ1v) is 14.3. The molecule has 0 aromatic rings. The van der Waals surface area contributed by atoms with Crippen LogP contribution in [0, 0.1) is 17.3 Å². The molecule has 0 unspecified atom stereocenters. The summed E-state index contributed by atoms with van der Waals surface area (Å²) in [5, 5.41) is 20.2. The van der Waals surface area contributed by atoms with Gasteiger partial charge < -0.3 is 10.2 Å². The van der Waals surface area contributed by atoms with Gasteiger partial charge in [-0.2, -0.15) is 0 Å². The van der Waals surface area contributed by atoms with Crippen molar-refractivity contribution in [1.29, 1.82) is 0 Å². The highest BCUT2D eigenvalue weighted by Crippen LogP contribution is 2.57. The van der Waals surface area contributed by atoms with Crippen molar-refractivity contribution in [2.75, 3.05) is 0 Å². The molecule has 3 aliphatic carbocycles. The molecule has 0 amide bonds. The van der Waals surface area contributed by atoms with Crippen molar-refractivity contribution in [2.45, 2.75) is 96.5 Å². The highest BCUT2D eigenvalue weighted by atomic mass is 35.5. The van der Waals surface area contributed by atoms with E-state index in [4.69, 9.17) is 11.6 Å². The van der Waals surface area contributed by atoms with Crippen LogP contribution in [-0.4, -0.2) is 35.6 Å². The number of hydrogen-bond donors (Lipinski definition) is 2. The van der Waals surface area contributed by atoms with Crippen molar-refractivity contribution in [1.82, 2.24) is 0 Å². The van der Waals surface area contributed by atoms with Gasteiger partial charge >= 0.3 is 0 Å². The van der Waals surface area contributed by atoms with Gasteiger partial charge in [-0.25, -0.2) is 8.42 Å². The van der Waals surface area contributed by atoms with Gasteiger partial charge in [0, 0.05) is 6.42 Å². The molecule has 0 heterocycles. The Bertz CT molecular complexity index is 1040. The zero-order valence-corrected chi connectivity index (χ0v) is 22.8. The van der Waals surface area contributed by atoms with Crippen molar-refractivity contribution in [2.24, 2.45) is 17.3 Å². The number of sulfone groups is 1. The molecule has 4 nitrogen and oxygen atoms in total. The zero-order chi connectivity index (χ0) is 25.5. The first kappa shape index (κ1) is 27.4. The Kier molecular flexibility index (Phi) is 8.14. The number of halogens is 1. The van der Waals surface area contributed by atoms with E-state index in [1.807, 2.05) is 0 Å². The minimum atomic E-state index is -3.52. The van der Waals surface area contributed by atoms with Gasteiger partial charge in [0.15, 0.2) is 9.84 Å². The van der Waals surface area contributed by atoms with E-state index in [0.29, 0.717) is 30.8 Å². The van der Waals surface area contributed by atoms with Crippen LogP contribution in [-0.2, 0) is 9.84 Å². The SMILES string of the molecule is C=C1C(=CC=C2CCC[C@]3(C)C([C@H](C)CC=C(Cl)S(=O)(=O)C(C)(C)C)=CC[C@@H]23)C[C@H](O)C[C@H]1O. The Morgan fingerprint density at radius 2 is 2.00 bits per heavy atom. The molecule has 0 spiro atoms. The van der Waals surface area contributed by atoms with E-state index in [1.165, 1.54) is 11.1 Å². The van der Waals surface area contributed by atoms with E-state index in [-0.39, 0.29) is 15.7 Å². The number of rotatable bonds is 5. The maximum atomic E-state index is 12.6. The Labute approximate surface area is 211 Å². The molecule has 2 N–H and O–H groups in total. The van der Waals surface area contributed by atoms with E-state index in [2.05, 4.69) is 38.7 Å². The Morgan fingerprint density at radius 3 is 2.65 bits per heavy atom. The number of aliphatic hydroxyl groups excluding tert-OH is 2. The van der Waals surface area contributed by atoms with E-state index < -0.39 is 26.8 Å². The lowest BCUT2D eigenvalue weighted by atomic mass is 9.62. The molecule has 3 aliphatic rings. The van der Waals surface area contributed by atoms with Gasteiger partial charge in [-0.15, -0.1) is 0 Å². The lowest BCUT2D eigenvalue weighted by molar-refractivity contribution is 0.0862. The lowest BCUT2D eigenvalue weighted by Crippen LogP contribution is -2.32. The molecule has 34 heavy (non-hydrogen) atoms. The largest absolute Gasteiger partial charge is 0.393 e. The summed E-state index contributed by atoms with van der Waals surface area (Å²) in [7, 11) is -3.52. The molecular formula is C28H41ClO4S. The Balaban J connectivity index is 1.77. The van der Waals surface area contributed by atoms with Gasteiger partial charge in [-0.1, -0.05) is 67.5 Å². The molecule has 3 rings (SSSR count). The second-order valence-electron chi connectivity index (χ2n) is 11.5. The summed E-state index contributed by atoms with van der Waals surface area (Å²) in [5.74, 6) is 0.625. The summed E-state index contributed by atoms with van der Waals surface area (Å²) in [6, 6.07) is 0. The Hall–Kier alpha value is -1.14. The average molecular weight is 509 g/mol. The van der Waals surface area contributed by atoms with Gasteiger partial charge in [0.2, 0.25) is 0 Å². The molecule has 0 saturated heterocycles. The first-order valence-electron chi connectivity index (χ1n) is 12.4. The first-order chi connectivity index (χ1) is 15.7. The number of aliphatic hydroxyl groups is 2. The van der Waals surface area contributed by atoms with E-state index in [1.54, 1.807) is 26.8 Å². The molecular weight excluding hydrogens is 468 g/mol. The normalized spacial score (nSPS) is 34.4. The van der Waals surface area contributed by atoms with Crippen LogP contribution in [0.25, 0.3) is 0 Å². The molecule has 2 saturated carbocycles. The third-order valence-electron chi connectivity index (χ3n) is 8.10. The summed E-state index contributed by atoms with van der Waals surface area (Å²) < 4.78 is 24.3. The molecule has 5 atom stereocenters. The maximum absolute atomic E-state index is 12.6. The monoisotopic (exact) mass is 508 g/mol. The van der Waals surface area contributed by atoms with E-state index in [0.717, 1.165) is 31.3 Å². The molecule has 0 aliphatic heterocycles. The van der Waals surface area contributed by atoms with Crippen LogP contribution in [0.5, 0.6) is 0 Å². The smallest absolute Gasteiger partial charge is 0.193 e. The molecule has 0 aromatic heterocycles. The summed E-state index contributed by atoms with van der Waals surface area (Å²) in [6.45, 7) is 13.5. The summed E-state index contributed by atoms with van der Waals surface area (Å²) in [4.78, 5) is 0. The van der Waals surface area contributed by atoms with Crippen LogP contribution in [0.1, 0.15) is 79.6 Å². The van der Waals surface area contributed by atoms with Crippen LogP contribution >= 0.6 is 11.6 Å². The van der Waals surface area contributed by atoms with Crippen molar-refractivity contribution in [3.8, 4) is 0 Å². The average Bonchev–Trinajstić information content (AvgIpc) is 3.09. The molecule has 0 aromatic carbocycles. The highest BCUT2D eigenvalue weighted by molar-refractivity contribution is 7.98. The second kappa shape index (κ2) is 10.1. The van der Waals surface area contributed by atoms with Gasteiger partial charge in [-0.3, -0.25) is 0 Å². The quantitative estimate of drug-likeness (QED) is 0.423. The number of fused-ring (bicyclic) bond motifs is 1. The van der Waals surface area contributed by atoms with Crippen molar-refractivity contribution >= 4 is 21.4 Å². The van der Waals surface area contributed by atoms with Crippen molar-refractivity contribution in [3.63, 3.8) is 0 Å². The topological polar surface area (TPSA) is 74.6 Å². The van der Waals surface area contributed by atoms with Crippen LogP contribution in [0.15, 0.2) is 57.5 Å². The van der Waals surface area contributed by atoms with Gasteiger partial charge in [-0.05, 0) is 87.7 Å². The minimum absolute atomic E-state index is 0.0494. The predicted molar refractivity (Wildman–Crippen MR) is 141 cm³/mol. The Morgan fingerprint density at radius 1 is 1.32 bits per heavy atom. The second-order valence-corrected chi connectivity index (χ2v) is 14.9. The molecule has 190 valence electrons. The minimum Gasteiger partial charge on any atom is -0.393 e. The lowest BCUT2D eigenvalue weighted by Gasteiger charge is -2.42. The van der Waals surface area contributed by atoms with Gasteiger partial charge in [0.25, 0.3) is 0 Å². The maximum Gasteiger partial charge on any atom is 0.193 e. The third-order valence-corrected chi connectivity index (χ3v) is 11.2. The standard InChI is InChI=1S/C28H41ClO4S/c1-18(9-14-26(29)34(32,33)27(3,4)5)23-12-13-24-20(8-7-15-28(23,24)6)10-11-21-16-22(30)17-25(31)19(21)2/h10-12,14,18,22,24-25,30-31H,2,7-9,13,15-17H2,1,3-6H3/t18-,22+,24+,25-,28-/m1/s1. The third kappa shape index (κ3) is 5.33. The predicted octanol–water partition coefficient (Wildman–Crippen LogP) is 6.37. The van der Waals surface area contributed by atoms with Crippen molar-refractivity contribution in [3.05, 3.63) is 57.5 Å². The fraction of sp³-hybridized carbons (Fsp3) is 0.643. The zero-order valence-electron chi connectivity index (χ0n) is 21.3. The molecule has 0 radical (unpaired) electrons. The molecule has 6 heteroatoms. The molecule has 2 fully saturated rings. The van der Waals surface area contributed by atoms with Gasteiger partial charge in [0.1, 0.15) is 4.36 Å². The van der Waals surface area contributed by atoms with Crippen LogP contribution in [0.4, 0.5) is 0 Å². The summed E-state index contributed by atoms with van der Waals surface area (Å²) in [5.41, 5.74) is 4.51. The highest BCUT2D eigenvalue weighted by Gasteiger charge is 2.46.